The van der Waals surface area contributed by atoms with Gasteiger partial charge in [0, 0.05) is 19.4 Å². The highest BCUT2D eigenvalue weighted by molar-refractivity contribution is 5.70. The van der Waals surface area contributed by atoms with Gasteiger partial charge in [0.15, 0.2) is 0 Å². The first-order chi connectivity index (χ1) is 9.76. The second-order valence-electron chi connectivity index (χ2n) is 6.91. The summed E-state index contributed by atoms with van der Waals surface area (Å²) in [4.78, 5) is 22.2. The molecule has 0 heterocycles. The van der Waals surface area contributed by atoms with Crippen LogP contribution in [0.3, 0.4) is 0 Å². The van der Waals surface area contributed by atoms with Crippen molar-refractivity contribution >= 4 is 11.9 Å². The Balaban J connectivity index is 2.38. The van der Waals surface area contributed by atoms with Gasteiger partial charge in [-0.05, 0) is 42.9 Å². The van der Waals surface area contributed by atoms with Gasteiger partial charge in [-0.15, -0.1) is 0 Å². The Bertz CT molecular complexity index is 364. The van der Waals surface area contributed by atoms with Gasteiger partial charge in [-0.2, -0.15) is 0 Å². The van der Waals surface area contributed by atoms with Crippen molar-refractivity contribution < 1.29 is 24.5 Å². The molecule has 1 rings (SSSR count). The number of aliphatic carboxylic acids is 1. The van der Waals surface area contributed by atoms with E-state index < -0.39 is 5.97 Å². The largest absolute Gasteiger partial charge is 0.481 e. The molecule has 0 radical (unpaired) electrons. The fraction of sp³-hybridized carbons (Fsp3) is 0.875. The zero-order valence-corrected chi connectivity index (χ0v) is 13.3. The van der Waals surface area contributed by atoms with Gasteiger partial charge in [0.2, 0.25) is 0 Å². The minimum Gasteiger partial charge on any atom is -0.481 e. The Morgan fingerprint density at radius 1 is 1.24 bits per heavy atom. The Morgan fingerprint density at radius 2 is 1.86 bits per heavy atom. The fourth-order valence-electron chi connectivity index (χ4n) is 3.48. The molecule has 0 amide bonds. The van der Waals surface area contributed by atoms with Crippen LogP contribution >= 0.6 is 0 Å². The van der Waals surface area contributed by atoms with Crippen molar-refractivity contribution in [2.24, 2.45) is 17.3 Å². The third kappa shape index (κ3) is 5.65. The average molecular weight is 300 g/mol. The number of aliphatic hydroxyl groups is 1. The highest BCUT2D eigenvalue weighted by atomic mass is 16.5. The van der Waals surface area contributed by atoms with Crippen molar-refractivity contribution in [2.45, 2.75) is 65.4 Å². The van der Waals surface area contributed by atoms with Crippen molar-refractivity contribution in [1.82, 2.24) is 0 Å². The van der Waals surface area contributed by atoms with Gasteiger partial charge in [0.1, 0.15) is 6.10 Å². The van der Waals surface area contributed by atoms with Crippen molar-refractivity contribution in [2.75, 3.05) is 6.61 Å². The molecule has 1 aliphatic carbocycles. The van der Waals surface area contributed by atoms with Crippen molar-refractivity contribution in [3.05, 3.63) is 0 Å². The van der Waals surface area contributed by atoms with E-state index in [1.54, 1.807) is 0 Å². The van der Waals surface area contributed by atoms with E-state index in [1.807, 2.05) is 0 Å². The highest BCUT2D eigenvalue weighted by Gasteiger charge is 2.41. The highest BCUT2D eigenvalue weighted by Crippen LogP contribution is 2.44. The molecule has 5 nitrogen and oxygen atoms in total. The number of carboxylic acid groups (broad SMARTS) is 1. The molecular formula is C16H28O5. The molecule has 0 saturated heterocycles. The van der Waals surface area contributed by atoms with Gasteiger partial charge in [-0.1, -0.05) is 20.8 Å². The van der Waals surface area contributed by atoms with Crippen LogP contribution in [0.5, 0.6) is 0 Å². The normalized spacial score (nSPS) is 28.1. The molecule has 0 aromatic heterocycles. The van der Waals surface area contributed by atoms with Crippen molar-refractivity contribution in [1.29, 1.82) is 0 Å². The van der Waals surface area contributed by atoms with E-state index in [4.69, 9.17) is 9.84 Å². The molecule has 21 heavy (non-hydrogen) atoms. The van der Waals surface area contributed by atoms with E-state index in [9.17, 15) is 14.7 Å². The quantitative estimate of drug-likeness (QED) is 0.558. The number of carbonyl (C=O) groups is 2. The van der Waals surface area contributed by atoms with Gasteiger partial charge in [0.25, 0.3) is 0 Å². The molecule has 1 saturated carbocycles. The van der Waals surface area contributed by atoms with Crippen LogP contribution in [0, 0.1) is 17.3 Å². The molecule has 0 spiro atoms. The predicted octanol–water partition coefficient (Wildman–Crippen LogP) is 2.61. The number of carboxylic acids is 1. The van der Waals surface area contributed by atoms with E-state index in [0.717, 1.165) is 12.8 Å². The zero-order valence-electron chi connectivity index (χ0n) is 13.3. The predicted molar refractivity (Wildman–Crippen MR) is 78.7 cm³/mol. The van der Waals surface area contributed by atoms with Crippen LogP contribution in [0.1, 0.15) is 59.3 Å². The van der Waals surface area contributed by atoms with Crippen LogP contribution in [0.15, 0.2) is 0 Å². The lowest BCUT2D eigenvalue weighted by Crippen LogP contribution is -2.43. The van der Waals surface area contributed by atoms with Crippen molar-refractivity contribution in [3.63, 3.8) is 0 Å². The SMILES string of the molecule is CC1CC(OC(=O)CCCCC(=O)O)CC(C)(C)C1CO. The number of hydrogen-bond acceptors (Lipinski definition) is 4. The van der Waals surface area contributed by atoms with E-state index >= 15 is 0 Å². The van der Waals surface area contributed by atoms with E-state index in [2.05, 4.69) is 20.8 Å². The van der Waals surface area contributed by atoms with E-state index in [0.29, 0.717) is 18.8 Å². The van der Waals surface area contributed by atoms with Crippen LogP contribution in [0.25, 0.3) is 0 Å². The lowest BCUT2D eigenvalue weighted by molar-refractivity contribution is -0.156. The molecule has 3 atom stereocenters. The number of esters is 1. The number of rotatable bonds is 7. The summed E-state index contributed by atoms with van der Waals surface area (Å²) >= 11 is 0. The maximum Gasteiger partial charge on any atom is 0.306 e. The monoisotopic (exact) mass is 300 g/mol. The lowest BCUT2D eigenvalue weighted by Gasteiger charge is -2.45. The molecule has 5 heteroatoms. The number of carbonyl (C=O) groups excluding carboxylic acids is 1. The van der Waals surface area contributed by atoms with Gasteiger partial charge in [-0.3, -0.25) is 9.59 Å². The molecular weight excluding hydrogens is 272 g/mol. The molecule has 0 aromatic rings. The van der Waals surface area contributed by atoms with Gasteiger partial charge < -0.3 is 14.9 Å². The minimum absolute atomic E-state index is 0.0410. The molecule has 0 bridgehead atoms. The minimum atomic E-state index is -0.832. The van der Waals surface area contributed by atoms with Crippen LogP contribution in [-0.4, -0.2) is 34.9 Å². The summed E-state index contributed by atoms with van der Waals surface area (Å²) in [5.41, 5.74) is -0.0410. The van der Waals surface area contributed by atoms with Gasteiger partial charge >= 0.3 is 11.9 Å². The van der Waals surface area contributed by atoms with Gasteiger partial charge in [0.05, 0.1) is 0 Å². The molecule has 1 aliphatic rings. The summed E-state index contributed by atoms with van der Waals surface area (Å²) in [6.45, 7) is 6.48. The molecule has 2 N–H and O–H groups in total. The summed E-state index contributed by atoms with van der Waals surface area (Å²) < 4.78 is 5.53. The molecule has 1 fully saturated rings. The average Bonchev–Trinajstić information content (AvgIpc) is 2.33. The summed E-state index contributed by atoms with van der Waals surface area (Å²) in [5, 5.41) is 18.0. The number of aliphatic hydroxyl groups excluding tert-OH is 1. The Kier molecular flexibility index (Phi) is 6.65. The number of unbranched alkanes of at least 4 members (excludes halogenated alkanes) is 1. The smallest absolute Gasteiger partial charge is 0.306 e. The first kappa shape index (κ1) is 18.0. The Labute approximate surface area is 126 Å². The van der Waals surface area contributed by atoms with Crippen LogP contribution in [0.2, 0.25) is 0 Å². The summed E-state index contributed by atoms with van der Waals surface area (Å²) in [6.07, 6.45) is 2.89. The van der Waals surface area contributed by atoms with Crippen LogP contribution < -0.4 is 0 Å². The number of hydrogen-bond donors (Lipinski definition) is 2. The summed E-state index contributed by atoms with van der Waals surface area (Å²) in [5.74, 6) is -0.510. The first-order valence-corrected chi connectivity index (χ1v) is 7.78. The second kappa shape index (κ2) is 7.78. The maximum atomic E-state index is 11.8. The number of ether oxygens (including phenoxy) is 1. The Hall–Kier alpha value is -1.10. The van der Waals surface area contributed by atoms with Crippen LogP contribution in [-0.2, 0) is 14.3 Å². The second-order valence-corrected chi connectivity index (χ2v) is 6.91. The molecule has 3 unspecified atom stereocenters. The summed E-state index contributed by atoms with van der Waals surface area (Å²) in [7, 11) is 0. The standard InChI is InChI=1S/C16H28O5/c1-11-8-12(9-16(2,3)13(11)10-17)21-15(20)7-5-4-6-14(18)19/h11-13,17H,4-10H2,1-3H3,(H,18,19). The zero-order chi connectivity index (χ0) is 16.0. The third-order valence-corrected chi connectivity index (χ3v) is 4.60. The molecule has 0 aliphatic heterocycles. The van der Waals surface area contributed by atoms with E-state index in [-0.39, 0.29) is 42.9 Å². The van der Waals surface area contributed by atoms with Crippen LogP contribution in [0.4, 0.5) is 0 Å². The molecule has 122 valence electrons. The topological polar surface area (TPSA) is 83.8 Å². The van der Waals surface area contributed by atoms with E-state index in [1.165, 1.54) is 0 Å². The fourth-order valence-corrected chi connectivity index (χ4v) is 3.48. The summed E-state index contributed by atoms with van der Waals surface area (Å²) in [6, 6.07) is 0. The first-order valence-electron chi connectivity index (χ1n) is 7.78. The van der Waals surface area contributed by atoms with Gasteiger partial charge in [-0.25, -0.2) is 0 Å². The van der Waals surface area contributed by atoms with Crippen molar-refractivity contribution in [3.8, 4) is 0 Å². The maximum absolute atomic E-state index is 11.8. The Morgan fingerprint density at radius 3 is 2.38 bits per heavy atom. The lowest BCUT2D eigenvalue weighted by atomic mass is 9.63. The third-order valence-electron chi connectivity index (χ3n) is 4.60. The molecule has 0 aromatic carbocycles.